The lowest BCUT2D eigenvalue weighted by Gasteiger charge is -2.30. The Hall–Kier alpha value is -1.11. The molecule has 0 amide bonds. The van der Waals surface area contributed by atoms with Gasteiger partial charge >= 0.3 is 0 Å². The first-order valence-corrected chi connectivity index (χ1v) is 6.40. The zero-order valence-corrected chi connectivity index (χ0v) is 11.9. The van der Waals surface area contributed by atoms with Gasteiger partial charge in [0, 0.05) is 12.6 Å². The molecule has 1 aromatic rings. The van der Waals surface area contributed by atoms with Crippen molar-refractivity contribution in [1.82, 2.24) is 0 Å². The normalized spacial score (nSPS) is 15.2. The van der Waals surface area contributed by atoms with E-state index in [1.165, 1.54) is 22.4 Å². The molecular weight excluding hydrogens is 206 g/mol. The second-order valence-electron chi connectivity index (χ2n) is 7.04. The summed E-state index contributed by atoms with van der Waals surface area (Å²) in [5.74, 6) is 0. The van der Waals surface area contributed by atoms with Crippen LogP contribution in [0.25, 0.3) is 0 Å². The van der Waals surface area contributed by atoms with Gasteiger partial charge in [0.25, 0.3) is 0 Å². The van der Waals surface area contributed by atoms with E-state index in [9.17, 15) is 0 Å². The van der Waals surface area contributed by atoms with Gasteiger partial charge in [0.1, 0.15) is 0 Å². The van der Waals surface area contributed by atoms with Crippen molar-refractivity contribution in [2.24, 2.45) is 4.99 Å². The molecule has 0 aromatic heterocycles. The van der Waals surface area contributed by atoms with E-state index in [-0.39, 0.29) is 10.8 Å². The average Bonchev–Trinajstić information content (AvgIpc) is 2.59. The summed E-state index contributed by atoms with van der Waals surface area (Å²) in [6, 6.07) is 4.66. The number of nitrogens with zero attached hydrogens (tertiary/aromatic N) is 1. The molecule has 0 fully saturated rings. The molecule has 1 aliphatic heterocycles. The number of hydrogen-bond donors (Lipinski definition) is 0. The molecule has 92 valence electrons. The summed E-state index contributed by atoms with van der Waals surface area (Å²) >= 11 is 0. The van der Waals surface area contributed by atoms with Crippen LogP contribution in [0.15, 0.2) is 17.1 Å². The topological polar surface area (TPSA) is 12.4 Å². The molecular formula is C16H23N. The highest BCUT2D eigenvalue weighted by molar-refractivity contribution is 5.77. The third-order valence-electron chi connectivity index (χ3n) is 3.38. The largest absolute Gasteiger partial charge is 0.261 e. The van der Waals surface area contributed by atoms with E-state index < -0.39 is 0 Å². The fourth-order valence-corrected chi connectivity index (χ4v) is 2.40. The van der Waals surface area contributed by atoms with Crippen molar-refractivity contribution in [2.45, 2.75) is 58.8 Å². The Balaban J connectivity index is 2.67. The van der Waals surface area contributed by atoms with Crippen LogP contribution in [0.2, 0.25) is 0 Å². The second-order valence-corrected chi connectivity index (χ2v) is 7.04. The van der Waals surface area contributed by atoms with Gasteiger partial charge in [0.15, 0.2) is 0 Å². The molecule has 1 aliphatic rings. The van der Waals surface area contributed by atoms with Crippen LogP contribution in [0, 0.1) is 0 Å². The lowest BCUT2D eigenvalue weighted by atomic mass is 9.74. The van der Waals surface area contributed by atoms with Crippen LogP contribution in [-0.4, -0.2) is 6.21 Å². The van der Waals surface area contributed by atoms with Gasteiger partial charge in [-0.05, 0) is 33.6 Å². The summed E-state index contributed by atoms with van der Waals surface area (Å²) in [4.78, 5) is 4.47. The van der Waals surface area contributed by atoms with E-state index in [4.69, 9.17) is 0 Å². The molecule has 0 atom stereocenters. The van der Waals surface area contributed by atoms with Crippen LogP contribution in [0.1, 0.15) is 58.2 Å². The van der Waals surface area contributed by atoms with Gasteiger partial charge in [-0.2, -0.15) is 0 Å². The van der Waals surface area contributed by atoms with Crippen LogP contribution in [0.4, 0.5) is 5.69 Å². The van der Waals surface area contributed by atoms with Crippen molar-refractivity contribution in [3.63, 3.8) is 0 Å². The molecule has 0 bridgehead atoms. The molecule has 1 aromatic carbocycles. The van der Waals surface area contributed by atoms with E-state index in [1.807, 2.05) is 6.21 Å². The van der Waals surface area contributed by atoms with Gasteiger partial charge in [0.2, 0.25) is 0 Å². The van der Waals surface area contributed by atoms with Crippen LogP contribution in [0.3, 0.4) is 0 Å². The fraction of sp³-hybridized carbons (Fsp3) is 0.562. The van der Waals surface area contributed by atoms with E-state index in [0.29, 0.717) is 0 Å². The van der Waals surface area contributed by atoms with Crippen LogP contribution < -0.4 is 0 Å². The average molecular weight is 229 g/mol. The van der Waals surface area contributed by atoms with Crippen LogP contribution >= 0.6 is 0 Å². The molecule has 0 unspecified atom stereocenters. The van der Waals surface area contributed by atoms with Crippen molar-refractivity contribution in [3.8, 4) is 0 Å². The molecule has 17 heavy (non-hydrogen) atoms. The summed E-state index contributed by atoms with van der Waals surface area (Å²) in [5.41, 5.74) is 5.82. The zero-order chi connectivity index (χ0) is 12.8. The van der Waals surface area contributed by atoms with Gasteiger partial charge in [0.05, 0.1) is 5.69 Å². The van der Waals surface area contributed by atoms with E-state index in [0.717, 1.165) is 6.42 Å². The highest BCUT2D eigenvalue weighted by atomic mass is 14.7. The predicted molar refractivity (Wildman–Crippen MR) is 75.7 cm³/mol. The standard InChI is InChI=1S/C16H23N/c1-15(2,3)12-9-11-7-8-17-14(11)10-13(12)16(4,5)6/h8-10H,7H2,1-6H3. The minimum atomic E-state index is 0.176. The Bertz CT molecular complexity index is 468. The van der Waals surface area contributed by atoms with Gasteiger partial charge in [-0.15, -0.1) is 0 Å². The lowest BCUT2D eigenvalue weighted by molar-refractivity contribution is 0.530. The van der Waals surface area contributed by atoms with Gasteiger partial charge < -0.3 is 0 Å². The minimum absolute atomic E-state index is 0.176. The molecule has 0 radical (unpaired) electrons. The lowest BCUT2D eigenvalue weighted by Crippen LogP contribution is -2.22. The number of rotatable bonds is 0. The molecule has 0 aliphatic carbocycles. The number of benzene rings is 1. The first-order chi connectivity index (χ1) is 7.69. The van der Waals surface area contributed by atoms with Gasteiger partial charge in [-0.25, -0.2) is 0 Å². The number of aliphatic imine (C=N–C) groups is 1. The maximum atomic E-state index is 4.47. The number of hydrogen-bond acceptors (Lipinski definition) is 1. The first-order valence-electron chi connectivity index (χ1n) is 6.40. The van der Waals surface area contributed by atoms with Crippen LogP contribution in [-0.2, 0) is 17.3 Å². The van der Waals surface area contributed by atoms with E-state index in [2.05, 4.69) is 58.7 Å². The fourth-order valence-electron chi connectivity index (χ4n) is 2.40. The molecule has 0 saturated heterocycles. The minimum Gasteiger partial charge on any atom is -0.261 e. The van der Waals surface area contributed by atoms with Crippen molar-refractivity contribution in [3.05, 3.63) is 28.8 Å². The monoisotopic (exact) mass is 229 g/mol. The van der Waals surface area contributed by atoms with Crippen molar-refractivity contribution < 1.29 is 0 Å². The highest BCUT2D eigenvalue weighted by Gasteiger charge is 2.27. The van der Waals surface area contributed by atoms with Gasteiger partial charge in [-0.3, -0.25) is 4.99 Å². The molecule has 0 N–H and O–H groups in total. The van der Waals surface area contributed by atoms with Crippen molar-refractivity contribution in [1.29, 1.82) is 0 Å². The third kappa shape index (κ3) is 2.29. The molecule has 0 saturated carbocycles. The molecule has 1 heterocycles. The molecule has 1 heteroatoms. The zero-order valence-electron chi connectivity index (χ0n) is 11.9. The van der Waals surface area contributed by atoms with E-state index >= 15 is 0 Å². The maximum absolute atomic E-state index is 4.47. The predicted octanol–water partition coefficient (Wildman–Crippen LogP) is 4.54. The SMILES string of the molecule is CC(C)(C)c1cc2c(cc1C(C)(C)C)N=CC2. The Morgan fingerprint density at radius 2 is 1.41 bits per heavy atom. The summed E-state index contributed by atoms with van der Waals surface area (Å²) in [6.07, 6.45) is 3.01. The highest BCUT2D eigenvalue weighted by Crippen LogP contribution is 2.39. The van der Waals surface area contributed by atoms with Crippen molar-refractivity contribution in [2.75, 3.05) is 0 Å². The van der Waals surface area contributed by atoms with Gasteiger partial charge in [-0.1, -0.05) is 47.6 Å². The smallest absolute Gasteiger partial charge is 0.0664 e. The van der Waals surface area contributed by atoms with E-state index in [1.54, 1.807) is 0 Å². The summed E-state index contributed by atoms with van der Waals surface area (Å²) in [6.45, 7) is 13.7. The quantitative estimate of drug-likeness (QED) is 0.619. The second kappa shape index (κ2) is 3.69. The molecule has 2 rings (SSSR count). The Morgan fingerprint density at radius 1 is 0.882 bits per heavy atom. The Morgan fingerprint density at radius 3 is 1.94 bits per heavy atom. The molecule has 1 nitrogen and oxygen atoms in total. The molecule has 0 spiro atoms. The van der Waals surface area contributed by atoms with Crippen LogP contribution in [0.5, 0.6) is 0 Å². The summed E-state index contributed by atoms with van der Waals surface area (Å²) in [7, 11) is 0. The summed E-state index contributed by atoms with van der Waals surface area (Å²) < 4.78 is 0. The van der Waals surface area contributed by atoms with Crippen molar-refractivity contribution >= 4 is 11.9 Å². The first kappa shape index (κ1) is 12.3. The Labute approximate surface area is 105 Å². The Kier molecular flexibility index (Phi) is 2.68. The maximum Gasteiger partial charge on any atom is 0.0664 e. The number of fused-ring (bicyclic) bond motifs is 1. The third-order valence-corrected chi connectivity index (χ3v) is 3.38. The summed E-state index contributed by atoms with van der Waals surface area (Å²) in [5, 5.41) is 0.